The molecule has 0 bridgehead atoms. The van der Waals surface area contributed by atoms with Crippen molar-refractivity contribution in [2.75, 3.05) is 85.3 Å². The van der Waals surface area contributed by atoms with Gasteiger partial charge in [0, 0.05) is 130 Å². The molecule has 3 aromatic carbocycles. The highest BCUT2D eigenvalue weighted by molar-refractivity contribution is 9.10. The summed E-state index contributed by atoms with van der Waals surface area (Å²) in [5, 5.41) is 45.0. The molecule has 6 aliphatic rings. The molecule has 6 aliphatic heterocycles. The molecule has 23 nitrogen and oxygen atoms in total. The molecule has 7 atom stereocenters. The van der Waals surface area contributed by atoms with E-state index >= 15 is 0 Å². The molecular formula is C68H68Br2ClF9N12O11S3. The molecule has 106 heavy (non-hydrogen) atoms. The van der Waals surface area contributed by atoms with Crippen LogP contribution in [-0.2, 0) is 38.1 Å². The maximum Gasteiger partial charge on any atom is 0.338 e. The van der Waals surface area contributed by atoms with Crippen LogP contribution in [0.1, 0.15) is 83.5 Å². The molecule has 3 fully saturated rings. The number of halogens is 12. The number of aliphatic carboxylic acids is 1. The van der Waals surface area contributed by atoms with Crippen LogP contribution in [0.25, 0.3) is 0 Å². The van der Waals surface area contributed by atoms with Gasteiger partial charge in [-0.3, -0.25) is 29.7 Å². The number of aromatic nitrogens is 3. The quantitative estimate of drug-likeness (QED) is 0.0222. The van der Waals surface area contributed by atoms with E-state index in [4.69, 9.17) is 35.9 Å². The number of carbonyl (C=O) groups is 4. The van der Waals surface area contributed by atoms with Crippen molar-refractivity contribution in [3.05, 3.63) is 186 Å². The monoisotopic (exact) mass is 1690 g/mol. The lowest BCUT2D eigenvalue weighted by Crippen LogP contribution is -2.64. The molecule has 12 rings (SSSR count). The first kappa shape index (κ1) is 81.0. The number of carboxylic acid groups (broad SMARTS) is 1. The maximum atomic E-state index is 14.9. The molecular weight excluding hydrogens is 1620 g/mol. The maximum absolute atomic E-state index is 14.9. The highest BCUT2D eigenvalue weighted by atomic mass is 79.9. The third kappa shape index (κ3) is 20.2. The van der Waals surface area contributed by atoms with Crippen LogP contribution >= 0.6 is 77.5 Å². The largest absolute Gasteiger partial charge is 0.480 e. The van der Waals surface area contributed by atoms with Gasteiger partial charge >= 0.3 is 23.9 Å². The number of thiazole rings is 3. The molecule has 6 aromatic rings. The average Bonchev–Trinajstić information content (AvgIpc) is 0.775. The molecule has 6 N–H and O–H groups in total. The van der Waals surface area contributed by atoms with Crippen molar-refractivity contribution in [1.82, 2.24) is 45.6 Å². The highest BCUT2D eigenvalue weighted by Gasteiger charge is 2.61. The smallest absolute Gasteiger partial charge is 0.338 e. The number of esters is 3. The molecule has 9 heterocycles. The number of piperidine rings is 3. The van der Waals surface area contributed by atoms with Gasteiger partial charge in [-0.1, -0.05) is 61.7 Å². The van der Waals surface area contributed by atoms with Gasteiger partial charge in [-0.25, -0.2) is 73.6 Å². The number of rotatable bonds is 21. The number of hydrogen-bond acceptors (Lipinski definition) is 25. The number of carboxylic acids is 1. The Morgan fingerprint density at radius 2 is 0.906 bits per heavy atom. The van der Waals surface area contributed by atoms with E-state index < -0.39 is 128 Å². The topological polar surface area (TPSA) is 287 Å². The summed E-state index contributed by atoms with van der Waals surface area (Å²) in [5.41, 5.74) is 2.51. The Morgan fingerprint density at radius 3 is 1.23 bits per heavy atom. The lowest BCUT2D eigenvalue weighted by atomic mass is 9.94. The summed E-state index contributed by atoms with van der Waals surface area (Å²) in [6.07, 6.45) is -1.98. The van der Waals surface area contributed by atoms with Crippen LogP contribution in [0.2, 0.25) is 5.02 Å². The Labute approximate surface area is 634 Å². The molecule has 3 saturated heterocycles. The molecule has 4 unspecified atom stereocenters. The second-order valence-electron chi connectivity index (χ2n) is 24.5. The van der Waals surface area contributed by atoms with Crippen LogP contribution in [0.15, 0.2) is 147 Å². The van der Waals surface area contributed by atoms with Crippen LogP contribution < -0.4 is 16.0 Å². The number of amidine groups is 3. The number of nitrogens with one attached hydrogen (secondary N) is 3. The number of aliphatic hydroxyl groups excluding tert-OH is 2. The van der Waals surface area contributed by atoms with Crippen molar-refractivity contribution in [2.45, 2.75) is 94.2 Å². The zero-order chi connectivity index (χ0) is 76.3. The van der Waals surface area contributed by atoms with Gasteiger partial charge in [0.05, 0.1) is 61.8 Å². The summed E-state index contributed by atoms with van der Waals surface area (Å²) < 4.78 is 150. The van der Waals surface area contributed by atoms with Crippen LogP contribution in [0.5, 0.6) is 0 Å². The van der Waals surface area contributed by atoms with Gasteiger partial charge in [0.15, 0.2) is 38.6 Å². The molecule has 3 aromatic heterocycles. The van der Waals surface area contributed by atoms with Crippen molar-refractivity contribution < 1.29 is 93.0 Å². The number of aliphatic hydroxyl groups is 2. The van der Waals surface area contributed by atoms with E-state index in [2.05, 4.69) is 77.5 Å². The first-order valence-electron chi connectivity index (χ1n) is 32.7. The van der Waals surface area contributed by atoms with Crippen molar-refractivity contribution in [1.29, 1.82) is 0 Å². The summed E-state index contributed by atoms with van der Waals surface area (Å²) in [6.45, 7) is 1.92. The second-order valence-corrected chi connectivity index (χ2v) is 29.3. The highest BCUT2D eigenvalue weighted by Crippen LogP contribution is 2.44. The Hall–Kier alpha value is -7.56. The van der Waals surface area contributed by atoms with Gasteiger partial charge in [-0.15, -0.1) is 34.0 Å². The Morgan fingerprint density at radius 1 is 0.557 bits per heavy atom. The van der Waals surface area contributed by atoms with Gasteiger partial charge in [0.1, 0.15) is 54.5 Å². The third-order valence-corrected chi connectivity index (χ3v) is 20.6. The zero-order valence-corrected chi connectivity index (χ0v) is 62.7. The number of hydrogen-bond donors (Lipinski definition) is 6. The number of ether oxygens (including phenoxy) is 4. The number of nitrogens with zero attached hydrogens (tertiary/aromatic N) is 9. The predicted molar refractivity (Wildman–Crippen MR) is 382 cm³/mol. The summed E-state index contributed by atoms with van der Waals surface area (Å²) in [4.78, 5) is 81.1. The van der Waals surface area contributed by atoms with Gasteiger partial charge in [-0.2, -0.15) is 0 Å². The molecule has 0 spiro atoms. The molecule has 0 saturated carbocycles. The van der Waals surface area contributed by atoms with Crippen molar-refractivity contribution in [3.63, 3.8) is 0 Å². The first-order valence-corrected chi connectivity index (χ1v) is 37.3. The number of likely N-dealkylation sites (tertiary alicyclic amines) is 3. The zero-order valence-electron chi connectivity index (χ0n) is 56.3. The fraction of sp³-hybridized carbons (Fsp3) is 0.412. The minimum absolute atomic E-state index is 0.0450. The normalized spacial score (nSPS) is 22.8. The number of carbonyl (C=O) groups excluding carboxylic acids is 3. The molecule has 568 valence electrons. The second kappa shape index (κ2) is 36.1. The minimum atomic E-state index is -4.14. The van der Waals surface area contributed by atoms with Crippen LogP contribution in [0.3, 0.4) is 0 Å². The Kier molecular flexibility index (Phi) is 27.6. The lowest BCUT2D eigenvalue weighted by molar-refractivity contribution is -0.267. The summed E-state index contributed by atoms with van der Waals surface area (Å²) in [7, 11) is 0. The standard InChI is InChI=1S/C24H22BrF5N4O5S.C22H23BrF2N4O3S.C22H23ClF2N4O3S/c1-2-38-21(37)17-15(8-34-10-23(27,28)22(24(29,30)11-34)39-9-16(35)36)32-19(20-31-5-6-40-20)33-18(17)13-4-3-12(26)7-14(13)25;2*1-2-32-22(31)18-17(11-29-9-13(25)7-14(30)10-29)27-20(21-26-5-6-33-21)28-19(18)15-4-3-12(24)8-16(15)23/h3-7,18,22H,2,8-11H2,1H3,(H,32,33)(H,35,36);2*3-6,8,13-14,19,30H,2,7,9-11H2,1H3,(H,27,28)/t18-;2*13?,14?,19-/m000/s1. The Bertz CT molecular complexity index is 4150. The number of alkyl halides is 6. The average molecular weight is 1690 g/mol. The van der Waals surface area contributed by atoms with E-state index in [1.807, 2.05) is 0 Å². The van der Waals surface area contributed by atoms with Gasteiger partial charge in [0.2, 0.25) is 0 Å². The number of β-amino-alcohol motifs (C(OH)–C–C–N with tert-alkyl or cyclic N) is 2. The van der Waals surface area contributed by atoms with Crippen molar-refractivity contribution >= 4 is 119 Å². The van der Waals surface area contributed by atoms with E-state index in [1.54, 1.807) is 65.2 Å². The summed E-state index contributed by atoms with van der Waals surface area (Å²) in [6, 6.07) is 8.93. The van der Waals surface area contributed by atoms with Crippen molar-refractivity contribution in [2.24, 2.45) is 15.0 Å². The SMILES string of the molecule is CCOC(=O)C1=C(CN2CC(F)(F)C(OCC(=O)O)C(F)(F)C2)NC(c2nccs2)=N[C@H]1c1ccc(F)cc1Br.CCOC(=O)C1=C(CN2CC(O)CC(F)C2)NC(c2nccs2)=N[C@H]1c1ccc(F)cc1Br.CCOC(=O)C1=C(CN2CC(O)CC(F)C2)NC(c2nccs2)=N[C@H]1c1ccc(F)cc1Cl. The van der Waals surface area contributed by atoms with E-state index in [1.165, 1.54) is 70.5 Å². The number of aliphatic imine (C=N–C) groups is 3. The van der Waals surface area contributed by atoms with E-state index in [0.717, 1.165) is 23.1 Å². The summed E-state index contributed by atoms with van der Waals surface area (Å²) >= 11 is 16.9. The fourth-order valence-electron chi connectivity index (χ4n) is 12.5. The molecule has 38 heteroatoms. The Balaban J connectivity index is 0.000000171. The van der Waals surface area contributed by atoms with E-state index in [-0.39, 0.29) is 110 Å². The van der Waals surface area contributed by atoms with E-state index in [0.29, 0.717) is 59.3 Å². The molecule has 0 aliphatic carbocycles. The van der Waals surface area contributed by atoms with Crippen molar-refractivity contribution in [3.8, 4) is 0 Å². The van der Waals surface area contributed by atoms with Crippen LogP contribution in [-0.4, -0.2) is 214 Å². The van der Waals surface area contributed by atoms with Crippen LogP contribution in [0, 0.1) is 17.5 Å². The van der Waals surface area contributed by atoms with Gasteiger partial charge in [0.25, 0.3) is 11.8 Å². The minimum Gasteiger partial charge on any atom is -0.480 e. The number of benzene rings is 3. The molecule has 0 amide bonds. The fourth-order valence-corrected chi connectivity index (χ4v) is 15.6. The third-order valence-electron chi connectivity index (χ3n) is 16.6. The molecule has 0 radical (unpaired) electrons. The van der Waals surface area contributed by atoms with Crippen LogP contribution in [0.4, 0.5) is 39.5 Å². The van der Waals surface area contributed by atoms with Gasteiger partial charge < -0.3 is 50.2 Å². The first-order chi connectivity index (χ1) is 50.5. The summed E-state index contributed by atoms with van der Waals surface area (Å²) in [5.74, 6) is -12.5. The predicted octanol–water partition coefficient (Wildman–Crippen LogP) is 10.6. The van der Waals surface area contributed by atoms with E-state index in [9.17, 15) is 68.9 Å². The lowest BCUT2D eigenvalue weighted by Gasteiger charge is -2.43. The van der Waals surface area contributed by atoms with Gasteiger partial charge in [-0.05, 0) is 68.3 Å².